The maximum absolute atomic E-state index is 11.7. The fourth-order valence-corrected chi connectivity index (χ4v) is 5.73. The standard InChI is InChI=1S/C18H24N4O2S/c1-21(17-8-10-25(23,24)12-17)9-7-18-19-13-20-22(18)16-6-5-14-3-2-4-15(14)11-16/h5-6,11,13,17H,2-4,7-10,12H2,1H3. The number of hydrogen-bond acceptors (Lipinski definition) is 5. The van der Waals surface area contributed by atoms with Gasteiger partial charge in [-0.05, 0) is 56.0 Å². The Morgan fingerprint density at radius 1 is 1.28 bits per heavy atom. The predicted octanol–water partition coefficient (Wildman–Crippen LogP) is 1.42. The van der Waals surface area contributed by atoms with Gasteiger partial charge in [0.15, 0.2) is 9.84 Å². The van der Waals surface area contributed by atoms with Crippen LogP contribution in [0.25, 0.3) is 5.69 Å². The zero-order valence-corrected chi connectivity index (χ0v) is 15.4. The van der Waals surface area contributed by atoms with E-state index < -0.39 is 9.84 Å². The van der Waals surface area contributed by atoms with Crippen LogP contribution < -0.4 is 0 Å². The summed E-state index contributed by atoms with van der Waals surface area (Å²) in [6.45, 7) is 0.782. The summed E-state index contributed by atoms with van der Waals surface area (Å²) in [6, 6.07) is 6.68. The van der Waals surface area contributed by atoms with E-state index in [1.54, 1.807) is 6.33 Å². The maximum atomic E-state index is 11.7. The highest BCUT2D eigenvalue weighted by atomic mass is 32.2. The van der Waals surface area contributed by atoms with Crippen LogP contribution >= 0.6 is 0 Å². The zero-order valence-electron chi connectivity index (χ0n) is 14.6. The number of sulfone groups is 1. The molecule has 0 bridgehead atoms. The summed E-state index contributed by atoms with van der Waals surface area (Å²) in [4.78, 5) is 6.57. The summed E-state index contributed by atoms with van der Waals surface area (Å²) in [5, 5.41) is 4.40. The highest BCUT2D eigenvalue weighted by Gasteiger charge is 2.30. The van der Waals surface area contributed by atoms with Gasteiger partial charge in [0, 0.05) is 19.0 Å². The number of nitrogens with zero attached hydrogens (tertiary/aromatic N) is 4. The first kappa shape index (κ1) is 16.7. The van der Waals surface area contributed by atoms with Crippen LogP contribution in [-0.4, -0.2) is 59.2 Å². The van der Waals surface area contributed by atoms with Crippen molar-refractivity contribution in [3.05, 3.63) is 41.5 Å². The quantitative estimate of drug-likeness (QED) is 0.807. The lowest BCUT2D eigenvalue weighted by atomic mass is 10.1. The van der Waals surface area contributed by atoms with E-state index in [9.17, 15) is 8.42 Å². The minimum Gasteiger partial charge on any atom is -0.302 e. The third-order valence-electron chi connectivity index (χ3n) is 5.46. The molecule has 2 aliphatic rings. The van der Waals surface area contributed by atoms with Crippen molar-refractivity contribution in [1.29, 1.82) is 0 Å². The summed E-state index contributed by atoms with van der Waals surface area (Å²) in [6.07, 6.45) is 6.64. The van der Waals surface area contributed by atoms with Crippen LogP contribution in [0, 0.1) is 0 Å². The maximum Gasteiger partial charge on any atom is 0.151 e. The normalized spacial score (nSPS) is 21.8. The largest absolute Gasteiger partial charge is 0.302 e. The molecule has 1 unspecified atom stereocenters. The molecule has 7 heteroatoms. The molecule has 4 rings (SSSR count). The van der Waals surface area contributed by atoms with Crippen molar-refractivity contribution in [3.63, 3.8) is 0 Å². The van der Waals surface area contributed by atoms with Gasteiger partial charge in [-0.25, -0.2) is 18.1 Å². The molecule has 1 atom stereocenters. The lowest BCUT2D eigenvalue weighted by molar-refractivity contribution is 0.263. The van der Waals surface area contributed by atoms with Crippen molar-refractivity contribution in [2.75, 3.05) is 25.1 Å². The van der Waals surface area contributed by atoms with Gasteiger partial charge >= 0.3 is 0 Å². The summed E-state index contributed by atoms with van der Waals surface area (Å²) >= 11 is 0. The molecule has 0 spiro atoms. The van der Waals surface area contributed by atoms with Gasteiger partial charge < -0.3 is 4.90 Å². The molecule has 1 fully saturated rings. The third kappa shape index (κ3) is 3.48. The van der Waals surface area contributed by atoms with E-state index >= 15 is 0 Å². The second kappa shape index (κ2) is 6.53. The molecule has 6 nitrogen and oxygen atoms in total. The molecular weight excluding hydrogens is 336 g/mol. The van der Waals surface area contributed by atoms with Gasteiger partial charge in [-0.15, -0.1) is 0 Å². The van der Waals surface area contributed by atoms with Gasteiger partial charge in [0.25, 0.3) is 0 Å². The number of aryl methyl sites for hydroxylation is 2. The van der Waals surface area contributed by atoms with Crippen LogP contribution in [0.4, 0.5) is 0 Å². The third-order valence-corrected chi connectivity index (χ3v) is 7.22. The van der Waals surface area contributed by atoms with E-state index in [0.717, 1.165) is 37.3 Å². The molecule has 25 heavy (non-hydrogen) atoms. The number of hydrogen-bond donors (Lipinski definition) is 0. The smallest absolute Gasteiger partial charge is 0.151 e. The Kier molecular flexibility index (Phi) is 4.37. The van der Waals surface area contributed by atoms with Crippen molar-refractivity contribution in [1.82, 2.24) is 19.7 Å². The summed E-state index contributed by atoms with van der Waals surface area (Å²) in [5.41, 5.74) is 3.94. The van der Waals surface area contributed by atoms with Gasteiger partial charge in [-0.2, -0.15) is 5.10 Å². The highest BCUT2D eigenvalue weighted by molar-refractivity contribution is 7.91. The van der Waals surface area contributed by atoms with E-state index in [1.165, 1.54) is 24.0 Å². The average Bonchev–Trinajstić information content (AvgIpc) is 3.30. The number of rotatable bonds is 5. The Morgan fingerprint density at radius 2 is 2.12 bits per heavy atom. The molecular formula is C18H24N4O2S. The lowest BCUT2D eigenvalue weighted by Gasteiger charge is -2.22. The Morgan fingerprint density at radius 3 is 2.92 bits per heavy atom. The van der Waals surface area contributed by atoms with Crippen LogP contribution in [0.2, 0.25) is 0 Å². The first-order chi connectivity index (χ1) is 12.0. The molecule has 1 aromatic carbocycles. The van der Waals surface area contributed by atoms with E-state index in [4.69, 9.17) is 0 Å². The number of benzene rings is 1. The van der Waals surface area contributed by atoms with Crippen molar-refractivity contribution in [2.24, 2.45) is 0 Å². The van der Waals surface area contributed by atoms with E-state index in [0.29, 0.717) is 5.75 Å². The van der Waals surface area contributed by atoms with Crippen LogP contribution in [0.3, 0.4) is 0 Å². The highest BCUT2D eigenvalue weighted by Crippen LogP contribution is 2.24. The van der Waals surface area contributed by atoms with Crippen molar-refractivity contribution in [3.8, 4) is 5.69 Å². The Labute approximate surface area is 148 Å². The number of aromatic nitrogens is 3. The fourth-order valence-electron chi connectivity index (χ4n) is 3.92. The SMILES string of the molecule is CN(CCc1ncnn1-c1ccc2c(c1)CCC2)C1CCS(=O)(=O)C1. The minimum atomic E-state index is -2.84. The number of likely N-dealkylation sites (N-methyl/N-ethyl adjacent to an activating group) is 1. The Balaban J connectivity index is 1.45. The van der Waals surface area contributed by atoms with Crippen LogP contribution in [0.5, 0.6) is 0 Å². The van der Waals surface area contributed by atoms with Gasteiger partial charge in [-0.1, -0.05) is 6.07 Å². The molecule has 0 saturated carbocycles. The monoisotopic (exact) mass is 360 g/mol. The first-order valence-corrected chi connectivity index (χ1v) is 10.8. The summed E-state index contributed by atoms with van der Waals surface area (Å²) in [7, 11) is -0.843. The van der Waals surface area contributed by atoms with Crippen molar-refractivity contribution in [2.45, 2.75) is 38.1 Å². The van der Waals surface area contributed by atoms with Crippen LogP contribution in [0.1, 0.15) is 29.8 Å². The molecule has 0 N–H and O–H groups in total. The van der Waals surface area contributed by atoms with Crippen LogP contribution in [-0.2, 0) is 29.1 Å². The van der Waals surface area contributed by atoms with Gasteiger partial charge in [-0.3, -0.25) is 0 Å². The topological polar surface area (TPSA) is 68.1 Å². The molecule has 0 radical (unpaired) electrons. The molecule has 1 aromatic heterocycles. The van der Waals surface area contributed by atoms with E-state index in [1.807, 2.05) is 11.7 Å². The van der Waals surface area contributed by atoms with Crippen molar-refractivity contribution < 1.29 is 8.42 Å². The molecule has 2 heterocycles. The van der Waals surface area contributed by atoms with E-state index in [-0.39, 0.29) is 11.8 Å². The van der Waals surface area contributed by atoms with Crippen molar-refractivity contribution >= 4 is 9.84 Å². The Hall–Kier alpha value is -1.73. The molecule has 2 aromatic rings. The molecule has 0 amide bonds. The lowest BCUT2D eigenvalue weighted by Crippen LogP contribution is -2.34. The zero-order chi connectivity index (χ0) is 17.4. The minimum absolute atomic E-state index is 0.126. The Bertz CT molecular complexity index is 875. The molecule has 134 valence electrons. The van der Waals surface area contributed by atoms with Gasteiger partial charge in [0.1, 0.15) is 12.2 Å². The van der Waals surface area contributed by atoms with Gasteiger partial charge in [0.2, 0.25) is 0 Å². The van der Waals surface area contributed by atoms with Crippen LogP contribution in [0.15, 0.2) is 24.5 Å². The number of fused-ring (bicyclic) bond motifs is 1. The molecule has 1 saturated heterocycles. The second-order valence-electron chi connectivity index (χ2n) is 7.18. The average molecular weight is 360 g/mol. The predicted molar refractivity (Wildman–Crippen MR) is 96.8 cm³/mol. The van der Waals surface area contributed by atoms with E-state index in [2.05, 4.69) is 33.2 Å². The summed E-state index contributed by atoms with van der Waals surface area (Å²) in [5.74, 6) is 1.51. The second-order valence-corrected chi connectivity index (χ2v) is 9.41. The fraction of sp³-hybridized carbons (Fsp3) is 0.556. The van der Waals surface area contributed by atoms with Gasteiger partial charge in [0.05, 0.1) is 17.2 Å². The summed E-state index contributed by atoms with van der Waals surface area (Å²) < 4.78 is 25.2. The molecule has 1 aliphatic carbocycles. The molecule has 1 aliphatic heterocycles. The first-order valence-electron chi connectivity index (χ1n) is 8.93.